The molecule has 38 heavy (non-hydrogen) atoms. The monoisotopic (exact) mass is 582 g/mol. The van der Waals surface area contributed by atoms with Gasteiger partial charge in [-0.1, -0.05) is 21.9 Å². The molecule has 15 nitrogen and oxygen atoms in total. The zero-order valence-corrected chi connectivity index (χ0v) is 22.8. The Labute approximate surface area is 229 Å². The molecule has 2 unspecified atom stereocenters. The normalized spacial score (nSPS) is 22.9. The first-order valence-electron chi connectivity index (χ1n) is 11.2. The molecular formula is C20H26N10O5S3. The Bertz CT molecular complexity index is 1320. The summed E-state index contributed by atoms with van der Waals surface area (Å²) in [6.07, 6.45) is 0. The maximum absolute atomic E-state index is 13.0. The highest BCUT2D eigenvalue weighted by atomic mass is 32.2. The number of aliphatic carboxylic acids is 1. The fourth-order valence-electron chi connectivity index (χ4n) is 3.82. The molecule has 3 atom stereocenters. The lowest BCUT2D eigenvalue weighted by Crippen LogP contribution is -2.75. The Morgan fingerprint density at radius 2 is 2.11 bits per heavy atom. The van der Waals surface area contributed by atoms with Crippen molar-refractivity contribution in [1.82, 2.24) is 20.2 Å². The van der Waals surface area contributed by atoms with E-state index >= 15 is 0 Å². The molecule has 4 heterocycles. The smallest absolute Gasteiger partial charge is 0.300 e. The van der Waals surface area contributed by atoms with Gasteiger partial charge in [0.2, 0.25) is 17.5 Å². The van der Waals surface area contributed by atoms with Gasteiger partial charge < -0.3 is 47.9 Å². The molecule has 204 valence electrons. The third-order valence-electron chi connectivity index (χ3n) is 6.02. The van der Waals surface area contributed by atoms with Gasteiger partial charge in [0.25, 0.3) is 5.91 Å². The van der Waals surface area contributed by atoms with Crippen LogP contribution in [0.3, 0.4) is 0 Å². The number of nitrogens with two attached hydrogens (primary N) is 4. The van der Waals surface area contributed by atoms with Gasteiger partial charge in [0.15, 0.2) is 16.5 Å². The van der Waals surface area contributed by atoms with Crippen LogP contribution in [0.5, 0.6) is 0 Å². The zero-order chi connectivity index (χ0) is 27.8. The van der Waals surface area contributed by atoms with Gasteiger partial charge in [-0.05, 0) is 6.92 Å². The standard InChI is InChI=1S/C20H26N10O5S3/c1-3-35-28-10(8-4-36-18(24)25-8)14(31)26-11-15(32)30-5-20(17(33)34,6-37-16(11)30)7-38-19-27-12(22)9(21)13(23)29(19)2/h4,11,16H,3,5-7H2,1-2H3,(H9,21,22,23,24,25,26,28,31,33,34)/t11?,16-,20?/m1/s1. The summed E-state index contributed by atoms with van der Waals surface area (Å²) in [6.45, 7) is 1.82. The molecule has 2 saturated heterocycles. The van der Waals surface area contributed by atoms with Gasteiger partial charge in [0.05, 0.1) is 13.0 Å². The van der Waals surface area contributed by atoms with Crippen LogP contribution in [0.25, 0.3) is 0 Å². The van der Waals surface area contributed by atoms with E-state index in [4.69, 9.17) is 27.8 Å². The van der Waals surface area contributed by atoms with Crippen LogP contribution >= 0.6 is 34.9 Å². The van der Waals surface area contributed by atoms with Crippen LogP contribution < -0.4 is 37.9 Å². The first-order chi connectivity index (χ1) is 18.0. The number of β-lactam (4-membered cyclic amide) rings is 1. The summed E-state index contributed by atoms with van der Waals surface area (Å²) < 4.78 is 1.51. The summed E-state index contributed by atoms with van der Waals surface area (Å²) in [4.78, 5) is 52.9. The van der Waals surface area contributed by atoms with Gasteiger partial charge in [-0.2, -0.15) is 0 Å². The predicted octanol–water partition coefficient (Wildman–Crippen LogP) is -2.64. The van der Waals surface area contributed by atoms with Crippen LogP contribution in [0.2, 0.25) is 0 Å². The molecule has 18 heteroatoms. The first kappa shape index (κ1) is 27.5. The van der Waals surface area contributed by atoms with Crippen molar-refractivity contribution in [3.8, 4) is 0 Å². The lowest BCUT2D eigenvalue weighted by Gasteiger charge is -2.55. The van der Waals surface area contributed by atoms with Crippen molar-refractivity contribution in [3.05, 3.63) is 11.1 Å². The summed E-state index contributed by atoms with van der Waals surface area (Å²) in [6, 6.07) is -0.876. The fraction of sp³-hybridized carbons (Fsp3) is 0.450. The van der Waals surface area contributed by atoms with E-state index in [0.717, 1.165) is 23.1 Å². The highest BCUT2D eigenvalue weighted by Crippen LogP contribution is 2.44. The maximum atomic E-state index is 13.0. The van der Waals surface area contributed by atoms with Gasteiger partial charge in [0, 0.05) is 28.8 Å². The van der Waals surface area contributed by atoms with Gasteiger partial charge in [-0.15, -0.1) is 23.1 Å². The number of thiazole rings is 1. The van der Waals surface area contributed by atoms with Crippen molar-refractivity contribution < 1.29 is 28.9 Å². The maximum Gasteiger partial charge on any atom is 0.300 e. The lowest BCUT2D eigenvalue weighted by atomic mass is 9.89. The van der Waals surface area contributed by atoms with E-state index in [9.17, 15) is 19.5 Å². The van der Waals surface area contributed by atoms with Crippen molar-refractivity contribution in [2.75, 3.05) is 47.6 Å². The Hall–Kier alpha value is -3.51. The highest BCUT2D eigenvalue weighted by Gasteiger charge is 2.56. The van der Waals surface area contributed by atoms with E-state index in [1.165, 1.54) is 21.2 Å². The lowest BCUT2D eigenvalue weighted by molar-refractivity contribution is -0.698. The van der Waals surface area contributed by atoms with E-state index < -0.39 is 34.6 Å². The van der Waals surface area contributed by atoms with E-state index in [1.807, 2.05) is 0 Å². The molecule has 2 aromatic heterocycles. The minimum atomic E-state index is -1.38. The summed E-state index contributed by atoms with van der Waals surface area (Å²) in [5, 5.41) is 20.5. The van der Waals surface area contributed by atoms with Gasteiger partial charge >= 0.3 is 5.16 Å². The van der Waals surface area contributed by atoms with Crippen LogP contribution in [-0.2, 0) is 26.3 Å². The third kappa shape index (κ3) is 4.97. The number of nitrogen functional groups attached to an aromatic ring is 4. The molecule has 2 amide bonds. The van der Waals surface area contributed by atoms with Crippen molar-refractivity contribution in [1.29, 1.82) is 0 Å². The number of carbonyl (C=O) groups is 3. The van der Waals surface area contributed by atoms with Gasteiger partial charge in [0.1, 0.15) is 23.7 Å². The predicted molar refractivity (Wildman–Crippen MR) is 141 cm³/mol. The second-order valence-corrected chi connectivity index (χ2v) is 11.5. The van der Waals surface area contributed by atoms with Crippen molar-refractivity contribution in [2.45, 2.75) is 23.5 Å². The number of carboxylic acids is 1. The third-order valence-corrected chi connectivity index (χ3v) is 9.60. The summed E-state index contributed by atoms with van der Waals surface area (Å²) in [5.74, 6) is -1.98. The van der Waals surface area contributed by atoms with E-state index in [1.54, 1.807) is 19.4 Å². The zero-order valence-electron chi connectivity index (χ0n) is 20.4. The number of nitrogens with zero attached hydrogens (tertiary/aromatic N) is 5. The summed E-state index contributed by atoms with van der Waals surface area (Å²) >= 11 is 3.48. The molecule has 4 rings (SSSR count). The average molecular weight is 583 g/mol. The highest BCUT2D eigenvalue weighted by molar-refractivity contribution is 8.00. The molecule has 0 aromatic carbocycles. The van der Waals surface area contributed by atoms with Crippen LogP contribution in [0.4, 0.5) is 22.5 Å². The SMILES string of the molecule is CCON=C(C(=O)NC1C(=O)N2CC(CSc3nc(N)c(N)c(N)[n+]3C)(C(=O)[O-])CS[C@H]12)c1csc(N)n1. The van der Waals surface area contributed by atoms with Gasteiger partial charge in [-0.25, -0.2) is 9.55 Å². The number of carboxylic acid groups (broad SMARTS) is 1. The van der Waals surface area contributed by atoms with Crippen LogP contribution in [0, 0.1) is 5.41 Å². The number of hydrogen-bond acceptors (Lipinski definition) is 15. The van der Waals surface area contributed by atoms with E-state index in [2.05, 4.69) is 20.4 Å². The number of carbonyl (C=O) groups excluding carboxylic acids is 3. The minimum absolute atomic E-state index is 0.0350. The number of rotatable bonds is 9. The number of aromatic nitrogens is 3. The fourth-order valence-corrected chi connectivity index (χ4v) is 7.21. The number of thioether (sulfide) groups is 2. The molecule has 0 saturated carbocycles. The van der Waals surface area contributed by atoms with Crippen molar-refractivity contribution >= 4 is 80.8 Å². The van der Waals surface area contributed by atoms with Gasteiger partial charge in [-0.3, -0.25) is 9.59 Å². The molecule has 2 aliphatic heterocycles. The molecule has 2 fully saturated rings. The van der Waals surface area contributed by atoms with E-state index in [-0.39, 0.29) is 58.5 Å². The van der Waals surface area contributed by atoms with E-state index in [0.29, 0.717) is 5.16 Å². The van der Waals surface area contributed by atoms with Crippen LogP contribution in [0.15, 0.2) is 15.7 Å². The van der Waals surface area contributed by atoms with Crippen molar-refractivity contribution in [3.63, 3.8) is 0 Å². The number of oxime groups is 1. The Balaban J connectivity index is 1.45. The number of anilines is 4. The summed E-state index contributed by atoms with van der Waals surface area (Å²) in [7, 11) is 1.63. The number of nitrogens with one attached hydrogen (secondary N) is 1. The topological polar surface area (TPSA) is 245 Å². The molecule has 2 aromatic rings. The molecule has 2 aliphatic rings. The first-order valence-corrected chi connectivity index (χ1v) is 14.1. The molecule has 9 N–H and O–H groups in total. The molecular weight excluding hydrogens is 556 g/mol. The molecule has 0 aliphatic carbocycles. The van der Waals surface area contributed by atoms with Crippen molar-refractivity contribution in [2.24, 2.45) is 17.6 Å². The second-order valence-electron chi connectivity index (χ2n) is 8.54. The molecule has 0 spiro atoms. The van der Waals surface area contributed by atoms with Crippen LogP contribution in [0.1, 0.15) is 12.6 Å². The number of hydrogen-bond donors (Lipinski definition) is 5. The minimum Gasteiger partial charge on any atom is -0.549 e. The largest absolute Gasteiger partial charge is 0.549 e. The Morgan fingerprint density at radius 1 is 1.37 bits per heavy atom. The molecule has 0 bridgehead atoms. The quantitative estimate of drug-likeness (QED) is 0.0507. The average Bonchev–Trinajstić information content (AvgIpc) is 3.32. The summed E-state index contributed by atoms with van der Waals surface area (Å²) in [5.41, 5.74) is 22.1. The Kier molecular flexibility index (Phi) is 7.75. The number of fused-ring (bicyclic) bond motifs is 1. The molecule has 0 radical (unpaired) electrons. The number of amides is 2. The second kappa shape index (κ2) is 10.7. The van der Waals surface area contributed by atoms with Crippen LogP contribution in [-0.4, -0.2) is 74.4 Å². The Morgan fingerprint density at radius 3 is 2.74 bits per heavy atom.